The highest BCUT2D eigenvalue weighted by Crippen LogP contribution is 2.41. The lowest BCUT2D eigenvalue weighted by Gasteiger charge is -2.23. The van der Waals surface area contributed by atoms with Gasteiger partial charge in [0, 0.05) is 22.9 Å². The molecule has 1 aliphatic heterocycles. The molecular formula is C18H16ClN3OS. The summed E-state index contributed by atoms with van der Waals surface area (Å²) in [5, 5.41) is 12.5. The normalized spacial score (nSPS) is 16.8. The smallest absolute Gasteiger partial charge is 0.226 e. The molecule has 122 valence electrons. The Morgan fingerprint density at radius 1 is 1.33 bits per heavy atom. The number of nitrogens with one attached hydrogen (secondary N) is 1. The third kappa shape index (κ3) is 2.36. The third-order valence-corrected chi connectivity index (χ3v) is 5.63. The van der Waals surface area contributed by atoms with Crippen molar-refractivity contribution in [2.24, 2.45) is 0 Å². The zero-order valence-corrected chi connectivity index (χ0v) is 14.9. The van der Waals surface area contributed by atoms with Crippen molar-refractivity contribution in [2.45, 2.75) is 26.2 Å². The quantitative estimate of drug-likeness (QED) is 0.724. The number of aromatic nitrogens is 2. The Kier molecular flexibility index (Phi) is 3.70. The summed E-state index contributed by atoms with van der Waals surface area (Å²) in [6, 6.07) is 7.80. The number of amides is 1. The van der Waals surface area contributed by atoms with Crippen LogP contribution in [-0.2, 0) is 4.79 Å². The molecule has 1 aromatic carbocycles. The molecule has 0 fully saturated rings. The van der Waals surface area contributed by atoms with Crippen LogP contribution in [0, 0.1) is 13.8 Å². The van der Waals surface area contributed by atoms with E-state index in [0.29, 0.717) is 11.4 Å². The molecule has 1 aliphatic rings. The van der Waals surface area contributed by atoms with Gasteiger partial charge in [-0.25, -0.2) is 4.68 Å². The van der Waals surface area contributed by atoms with E-state index < -0.39 is 0 Å². The van der Waals surface area contributed by atoms with Crippen molar-refractivity contribution in [2.75, 3.05) is 5.32 Å². The van der Waals surface area contributed by atoms with Gasteiger partial charge in [-0.3, -0.25) is 4.79 Å². The summed E-state index contributed by atoms with van der Waals surface area (Å²) in [5.74, 6) is 0.818. The molecule has 0 spiro atoms. The molecule has 1 atom stereocenters. The molecule has 3 heterocycles. The zero-order chi connectivity index (χ0) is 16.8. The van der Waals surface area contributed by atoms with Crippen LogP contribution < -0.4 is 5.32 Å². The van der Waals surface area contributed by atoms with E-state index in [9.17, 15) is 4.79 Å². The van der Waals surface area contributed by atoms with E-state index in [-0.39, 0.29) is 11.8 Å². The van der Waals surface area contributed by atoms with Gasteiger partial charge in [-0.2, -0.15) is 16.4 Å². The van der Waals surface area contributed by atoms with Crippen LogP contribution in [0.1, 0.15) is 34.7 Å². The van der Waals surface area contributed by atoms with Crippen molar-refractivity contribution in [3.63, 3.8) is 0 Å². The maximum atomic E-state index is 12.3. The molecule has 0 saturated carbocycles. The maximum absolute atomic E-state index is 12.3. The lowest BCUT2D eigenvalue weighted by atomic mass is 9.87. The molecule has 0 bridgehead atoms. The number of nitrogens with zero attached hydrogens (tertiary/aromatic N) is 2. The summed E-state index contributed by atoms with van der Waals surface area (Å²) in [6.45, 7) is 3.95. The number of fused-ring (bicyclic) bond motifs is 1. The number of rotatable bonds is 2. The van der Waals surface area contributed by atoms with Gasteiger partial charge in [0.15, 0.2) is 0 Å². The highest BCUT2D eigenvalue weighted by atomic mass is 35.5. The summed E-state index contributed by atoms with van der Waals surface area (Å²) in [6.07, 6.45) is 0.449. The van der Waals surface area contributed by atoms with Gasteiger partial charge in [-0.15, -0.1) is 0 Å². The summed E-state index contributed by atoms with van der Waals surface area (Å²) >= 11 is 7.91. The molecule has 0 saturated heterocycles. The second-order valence-corrected chi connectivity index (χ2v) is 7.19. The Labute approximate surface area is 149 Å². The SMILES string of the molecule is Cc1nn(-c2cccc(Cl)c2C)c2c1C(c1ccsc1)CC(=O)N2. The Morgan fingerprint density at radius 2 is 2.17 bits per heavy atom. The number of benzene rings is 1. The maximum Gasteiger partial charge on any atom is 0.226 e. The number of carbonyl (C=O) groups is 1. The van der Waals surface area contributed by atoms with E-state index in [4.69, 9.17) is 16.7 Å². The van der Waals surface area contributed by atoms with Gasteiger partial charge in [0.2, 0.25) is 5.91 Å². The van der Waals surface area contributed by atoms with E-state index in [1.54, 1.807) is 11.3 Å². The molecule has 3 aromatic rings. The second kappa shape index (κ2) is 5.76. The Bertz CT molecular complexity index is 930. The van der Waals surface area contributed by atoms with Gasteiger partial charge < -0.3 is 5.32 Å². The number of hydrogen-bond donors (Lipinski definition) is 1. The average molecular weight is 358 g/mol. The number of halogens is 1. The first-order valence-corrected chi connectivity index (χ1v) is 9.05. The number of anilines is 1. The van der Waals surface area contributed by atoms with Crippen LogP contribution in [0.25, 0.3) is 5.69 Å². The van der Waals surface area contributed by atoms with Crippen LogP contribution in [0.5, 0.6) is 0 Å². The number of hydrogen-bond acceptors (Lipinski definition) is 3. The molecule has 6 heteroatoms. The minimum atomic E-state index is 0.0135. The van der Waals surface area contributed by atoms with Crippen molar-refractivity contribution in [1.82, 2.24) is 9.78 Å². The highest BCUT2D eigenvalue weighted by Gasteiger charge is 2.33. The first kappa shape index (κ1) is 15.4. The van der Waals surface area contributed by atoms with Gasteiger partial charge in [-0.1, -0.05) is 17.7 Å². The molecule has 1 amide bonds. The Morgan fingerprint density at radius 3 is 2.92 bits per heavy atom. The average Bonchev–Trinajstić information content (AvgIpc) is 3.18. The van der Waals surface area contributed by atoms with Crippen molar-refractivity contribution >= 4 is 34.7 Å². The predicted molar refractivity (Wildman–Crippen MR) is 97.5 cm³/mol. The molecule has 4 nitrogen and oxygen atoms in total. The standard InChI is InChI=1S/C18H16ClN3OS/c1-10-14(19)4-3-5-15(10)22-18-17(11(2)21-22)13(8-16(23)20-18)12-6-7-24-9-12/h3-7,9,13H,8H2,1-2H3,(H,20,23). The zero-order valence-electron chi connectivity index (χ0n) is 13.3. The lowest BCUT2D eigenvalue weighted by Crippen LogP contribution is -2.24. The number of carbonyl (C=O) groups excluding carboxylic acids is 1. The van der Waals surface area contributed by atoms with Crippen molar-refractivity contribution in [3.8, 4) is 5.69 Å². The van der Waals surface area contributed by atoms with Gasteiger partial charge >= 0.3 is 0 Å². The van der Waals surface area contributed by atoms with Gasteiger partial charge in [0.05, 0.1) is 11.4 Å². The molecule has 1 unspecified atom stereocenters. The van der Waals surface area contributed by atoms with Gasteiger partial charge in [0.1, 0.15) is 5.82 Å². The topological polar surface area (TPSA) is 46.9 Å². The lowest BCUT2D eigenvalue weighted by molar-refractivity contribution is -0.116. The molecule has 2 aromatic heterocycles. The number of thiophene rings is 1. The second-order valence-electron chi connectivity index (χ2n) is 6.01. The summed E-state index contributed by atoms with van der Waals surface area (Å²) in [4.78, 5) is 12.3. The molecule has 0 aliphatic carbocycles. The van der Waals surface area contributed by atoms with Crippen molar-refractivity contribution < 1.29 is 4.79 Å². The van der Waals surface area contributed by atoms with E-state index in [2.05, 4.69) is 16.8 Å². The monoisotopic (exact) mass is 357 g/mol. The minimum absolute atomic E-state index is 0.0135. The molecule has 4 rings (SSSR count). The fraction of sp³-hybridized carbons (Fsp3) is 0.222. The fourth-order valence-corrected chi connectivity index (χ4v) is 4.19. The van der Waals surface area contributed by atoms with Crippen molar-refractivity contribution in [3.05, 3.63) is 62.4 Å². The van der Waals surface area contributed by atoms with Gasteiger partial charge in [-0.05, 0) is 53.9 Å². The molecule has 24 heavy (non-hydrogen) atoms. The minimum Gasteiger partial charge on any atom is -0.310 e. The highest BCUT2D eigenvalue weighted by molar-refractivity contribution is 7.08. The van der Waals surface area contributed by atoms with E-state index in [0.717, 1.165) is 28.3 Å². The van der Waals surface area contributed by atoms with E-state index in [1.165, 1.54) is 5.56 Å². The molecule has 1 N–H and O–H groups in total. The first-order valence-electron chi connectivity index (χ1n) is 7.73. The van der Waals surface area contributed by atoms with Crippen LogP contribution >= 0.6 is 22.9 Å². The molecular weight excluding hydrogens is 342 g/mol. The van der Waals surface area contributed by atoms with E-state index in [1.807, 2.05) is 42.1 Å². The fourth-order valence-electron chi connectivity index (χ4n) is 3.30. The van der Waals surface area contributed by atoms with Crippen LogP contribution in [0.3, 0.4) is 0 Å². The van der Waals surface area contributed by atoms with Crippen LogP contribution in [0.15, 0.2) is 35.0 Å². The molecule has 0 radical (unpaired) electrons. The van der Waals surface area contributed by atoms with Crippen molar-refractivity contribution in [1.29, 1.82) is 0 Å². The largest absolute Gasteiger partial charge is 0.310 e. The summed E-state index contributed by atoms with van der Waals surface area (Å²) < 4.78 is 1.81. The van der Waals surface area contributed by atoms with Crippen LogP contribution in [0.4, 0.5) is 5.82 Å². The predicted octanol–water partition coefficient (Wildman–Crippen LogP) is 4.68. The Balaban J connectivity index is 1.93. The van der Waals surface area contributed by atoms with Crippen LogP contribution in [0.2, 0.25) is 5.02 Å². The van der Waals surface area contributed by atoms with Gasteiger partial charge in [0.25, 0.3) is 0 Å². The first-order chi connectivity index (χ1) is 11.6. The Hall–Kier alpha value is -2.11. The summed E-state index contributed by atoms with van der Waals surface area (Å²) in [5.41, 5.74) is 5.02. The summed E-state index contributed by atoms with van der Waals surface area (Å²) in [7, 11) is 0. The third-order valence-electron chi connectivity index (χ3n) is 4.52. The van der Waals surface area contributed by atoms with Crippen LogP contribution in [-0.4, -0.2) is 15.7 Å². The van der Waals surface area contributed by atoms with E-state index >= 15 is 0 Å². The number of aryl methyl sites for hydroxylation is 1.